The van der Waals surface area contributed by atoms with Gasteiger partial charge in [-0.15, -0.1) is 11.8 Å². The molecule has 0 saturated heterocycles. The summed E-state index contributed by atoms with van der Waals surface area (Å²) in [5.41, 5.74) is 5.32. The third kappa shape index (κ3) is 5.53. The maximum atomic E-state index is 12.0. The van der Waals surface area contributed by atoms with Gasteiger partial charge in [0.25, 0.3) is 0 Å². The van der Waals surface area contributed by atoms with Crippen molar-refractivity contribution in [2.75, 3.05) is 20.0 Å². The molecule has 0 aliphatic heterocycles. The van der Waals surface area contributed by atoms with Crippen LogP contribution in [0, 0.1) is 6.92 Å². The molecule has 132 valence electrons. The molecule has 0 aromatic heterocycles. The maximum Gasteiger partial charge on any atom is 0.250 e. The SMILES string of the molecule is COc1ccc(/C(C)=N\NC(=O)CSc2ccc(C)cc2)cc1OC. The summed E-state index contributed by atoms with van der Waals surface area (Å²) < 4.78 is 10.5. The molecule has 2 rings (SSSR count). The van der Waals surface area contributed by atoms with Crippen LogP contribution in [-0.2, 0) is 4.79 Å². The lowest BCUT2D eigenvalue weighted by Crippen LogP contribution is -2.21. The van der Waals surface area contributed by atoms with Crippen LogP contribution in [0.2, 0.25) is 0 Å². The number of benzene rings is 2. The van der Waals surface area contributed by atoms with Gasteiger partial charge in [0.1, 0.15) is 0 Å². The molecule has 2 aromatic carbocycles. The van der Waals surface area contributed by atoms with Gasteiger partial charge in [0.15, 0.2) is 11.5 Å². The zero-order chi connectivity index (χ0) is 18.2. The summed E-state index contributed by atoms with van der Waals surface area (Å²) >= 11 is 1.48. The topological polar surface area (TPSA) is 59.9 Å². The third-order valence-electron chi connectivity index (χ3n) is 3.54. The van der Waals surface area contributed by atoms with E-state index in [1.807, 2.05) is 56.3 Å². The van der Waals surface area contributed by atoms with Crippen LogP contribution in [0.25, 0.3) is 0 Å². The maximum absolute atomic E-state index is 12.0. The van der Waals surface area contributed by atoms with E-state index >= 15 is 0 Å². The van der Waals surface area contributed by atoms with E-state index in [1.54, 1.807) is 14.2 Å². The minimum atomic E-state index is -0.148. The highest BCUT2D eigenvalue weighted by atomic mass is 32.2. The number of thioether (sulfide) groups is 1. The highest BCUT2D eigenvalue weighted by molar-refractivity contribution is 8.00. The standard InChI is InChI=1S/C19H22N2O3S/c1-13-5-8-16(9-6-13)25-12-19(22)21-20-14(2)15-7-10-17(23-3)18(11-15)24-4/h5-11H,12H2,1-4H3,(H,21,22)/b20-14-. The summed E-state index contributed by atoms with van der Waals surface area (Å²) in [4.78, 5) is 13.0. The summed E-state index contributed by atoms with van der Waals surface area (Å²) in [6.07, 6.45) is 0. The summed E-state index contributed by atoms with van der Waals surface area (Å²) in [5, 5.41) is 4.16. The van der Waals surface area contributed by atoms with Crippen molar-refractivity contribution in [3.8, 4) is 11.5 Å². The molecule has 0 bridgehead atoms. The van der Waals surface area contributed by atoms with E-state index in [9.17, 15) is 4.79 Å². The van der Waals surface area contributed by atoms with Crippen molar-refractivity contribution >= 4 is 23.4 Å². The number of methoxy groups -OCH3 is 2. The van der Waals surface area contributed by atoms with E-state index in [4.69, 9.17) is 9.47 Å². The molecule has 0 fully saturated rings. The number of nitrogens with one attached hydrogen (secondary N) is 1. The van der Waals surface area contributed by atoms with Crippen LogP contribution in [0.3, 0.4) is 0 Å². The van der Waals surface area contributed by atoms with Gasteiger partial charge in [-0.3, -0.25) is 4.79 Å². The van der Waals surface area contributed by atoms with Crippen LogP contribution in [0.1, 0.15) is 18.1 Å². The molecule has 25 heavy (non-hydrogen) atoms. The van der Waals surface area contributed by atoms with Crippen molar-refractivity contribution in [3.63, 3.8) is 0 Å². The highest BCUT2D eigenvalue weighted by Crippen LogP contribution is 2.27. The van der Waals surface area contributed by atoms with E-state index in [2.05, 4.69) is 10.5 Å². The molecule has 1 amide bonds. The second-order valence-corrected chi connectivity index (χ2v) is 6.45. The number of carbonyl (C=O) groups is 1. The summed E-state index contributed by atoms with van der Waals surface area (Å²) in [7, 11) is 3.17. The smallest absolute Gasteiger partial charge is 0.250 e. The largest absolute Gasteiger partial charge is 0.493 e. The molecule has 1 N–H and O–H groups in total. The minimum absolute atomic E-state index is 0.148. The Bertz CT molecular complexity index is 758. The molecule has 0 unspecified atom stereocenters. The van der Waals surface area contributed by atoms with Gasteiger partial charge in [-0.2, -0.15) is 5.10 Å². The first-order valence-corrected chi connectivity index (χ1v) is 8.77. The number of aryl methyl sites for hydroxylation is 1. The minimum Gasteiger partial charge on any atom is -0.493 e. The van der Waals surface area contributed by atoms with Gasteiger partial charge in [0.2, 0.25) is 5.91 Å². The van der Waals surface area contributed by atoms with Gasteiger partial charge in [-0.25, -0.2) is 5.43 Å². The fourth-order valence-electron chi connectivity index (χ4n) is 2.09. The molecular weight excluding hydrogens is 336 g/mol. The van der Waals surface area contributed by atoms with E-state index in [-0.39, 0.29) is 5.91 Å². The molecule has 6 heteroatoms. The van der Waals surface area contributed by atoms with E-state index in [0.717, 1.165) is 10.5 Å². The number of hydrogen-bond acceptors (Lipinski definition) is 5. The van der Waals surface area contributed by atoms with Crippen molar-refractivity contribution < 1.29 is 14.3 Å². The number of ether oxygens (including phenoxy) is 2. The van der Waals surface area contributed by atoms with E-state index in [0.29, 0.717) is 23.0 Å². The van der Waals surface area contributed by atoms with Crippen LogP contribution in [0.15, 0.2) is 52.5 Å². The zero-order valence-corrected chi connectivity index (χ0v) is 15.6. The Morgan fingerprint density at radius 2 is 1.76 bits per heavy atom. The van der Waals surface area contributed by atoms with Gasteiger partial charge in [-0.05, 0) is 44.2 Å². The Labute approximate surface area is 152 Å². The van der Waals surface area contributed by atoms with Crippen LogP contribution in [0.4, 0.5) is 0 Å². The fraction of sp³-hybridized carbons (Fsp3) is 0.263. The molecule has 0 aliphatic rings. The Morgan fingerprint density at radius 1 is 1.08 bits per heavy atom. The first-order valence-electron chi connectivity index (χ1n) is 7.78. The average molecular weight is 358 g/mol. The number of rotatable bonds is 7. The lowest BCUT2D eigenvalue weighted by atomic mass is 10.1. The van der Waals surface area contributed by atoms with Crippen LogP contribution in [-0.4, -0.2) is 31.6 Å². The van der Waals surface area contributed by atoms with Crippen molar-refractivity contribution in [1.82, 2.24) is 5.43 Å². The van der Waals surface area contributed by atoms with Crippen molar-refractivity contribution in [3.05, 3.63) is 53.6 Å². The monoisotopic (exact) mass is 358 g/mol. The summed E-state index contributed by atoms with van der Waals surface area (Å²) in [5.74, 6) is 1.44. The number of hydrazone groups is 1. The molecule has 0 spiro atoms. The fourth-order valence-corrected chi connectivity index (χ4v) is 2.78. The van der Waals surface area contributed by atoms with Crippen LogP contribution >= 0.6 is 11.8 Å². The van der Waals surface area contributed by atoms with Gasteiger partial charge in [-0.1, -0.05) is 17.7 Å². The molecule has 5 nitrogen and oxygen atoms in total. The van der Waals surface area contributed by atoms with E-state index in [1.165, 1.54) is 17.3 Å². The molecule has 2 aromatic rings. The van der Waals surface area contributed by atoms with Crippen molar-refractivity contribution in [2.24, 2.45) is 5.10 Å². The number of carbonyl (C=O) groups excluding carboxylic acids is 1. The predicted octanol–water partition coefficient (Wildman–Crippen LogP) is 3.64. The first kappa shape index (κ1) is 18.9. The highest BCUT2D eigenvalue weighted by Gasteiger charge is 2.07. The van der Waals surface area contributed by atoms with Gasteiger partial charge < -0.3 is 9.47 Å². The molecule has 0 aliphatic carbocycles. The molecule has 0 radical (unpaired) electrons. The predicted molar refractivity (Wildman–Crippen MR) is 102 cm³/mol. The second kappa shape index (κ2) is 9.13. The zero-order valence-electron chi connectivity index (χ0n) is 14.8. The first-order chi connectivity index (χ1) is 12.0. The third-order valence-corrected chi connectivity index (χ3v) is 4.55. The lowest BCUT2D eigenvalue weighted by molar-refractivity contribution is -0.118. The molecule has 0 heterocycles. The summed E-state index contributed by atoms with van der Waals surface area (Å²) in [6.45, 7) is 3.86. The average Bonchev–Trinajstić information content (AvgIpc) is 2.64. The lowest BCUT2D eigenvalue weighted by Gasteiger charge is -2.09. The van der Waals surface area contributed by atoms with Crippen molar-refractivity contribution in [2.45, 2.75) is 18.7 Å². The van der Waals surface area contributed by atoms with Crippen LogP contribution in [0.5, 0.6) is 11.5 Å². The second-order valence-electron chi connectivity index (χ2n) is 5.40. The number of hydrogen-bond donors (Lipinski definition) is 1. The van der Waals surface area contributed by atoms with E-state index < -0.39 is 0 Å². The van der Waals surface area contributed by atoms with Gasteiger partial charge in [0, 0.05) is 10.5 Å². The van der Waals surface area contributed by atoms with Gasteiger partial charge >= 0.3 is 0 Å². The molecular formula is C19H22N2O3S. The van der Waals surface area contributed by atoms with Crippen LogP contribution < -0.4 is 14.9 Å². The summed E-state index contributed by atoms with van der Waals surface area (Å²) in [6, 6.07) is 13.6. The van der Waals surface area contributed by atoms with Crippen molar-refractivity contribution in [1.29, 1.82) is 0 Å². The Balaban J connectivity index is 1.93. The Kier molecular flexibility index (Phi) is 6.89. The normalized spacial score (nSPS) is 11.1. The molecule has 0 atom stereocenters. The molecule has 0 saturated carbocycles. The quantitative estimate of drug-likeness (QED) is 0.466. The number of amides is 1. The Hall–Kier alpha value is -2.47. The number of nitrogens with zero attached hydrogens (tertiary/aromatic N) is 1. The van der Waals surface area contributed by atoms with Gasteiger partial charge in [0.05, 0.1) is 25.7 Å². The Morgan fingerprint density at radius 3 is 2.40 bits per heavy atom.